The van der Waals surface area contributed by atoms with E-state index in [1.165, 1.54) is 0 Å². The minimum atomic E-state index is -0.213. The number of rotatable bonds is 4. The summed E-state index contributed by atoms with van der Waals surface area (Å²) in [7, 11) is 0. The summed E-state index contributed by atoms with van der Waals surface area (Å²) >= 11 is 0. The molecule has 0 bridgehead atoms. The summed E-state index contributed by atoms with van der Waals surface area (Å²) in [4.78, 5) is 30.5. The van der Waals surface area contributed by atoms with E-state index >= 15 is 0 Å². The Morgan fingerprint density at radius 1 is 1.26 bits per heavy atom. The van der Waals surface area contributed by atoms with Crippen LogP contribution in [0.1, 0.15) is 15.9 Å². The minimum Gasteiger partial charge on any atom is -0.482 e. The molecular formula is C19H20N4O4. The first-order valence-corrected chi connectivity index (χ1v) is 8.82. The quantitative estimate of drug-likeness (QED) is 0.842. The van der Waals surface area contributed by atoms with Gasteiger partial charge in [0.25, 0.3) is 11.8 Å². The lowest BCUT2D eigenvalue weighted by Gasteiger charge is -2.29. The molecule has 2 aliphatic heterocycles. The van der Waals surface area contributed by atoms with E-state index in [1.54, 1.807) is 24.4 Å². The van der Waals surface area contributed by atoms with Crippen molar-refractivity contribution < 1.29 is 19.1 Å². The molecule has 0 radical (unpaired) electrons. The molecule has 0 aliphatic carbocycles. The Kier molecular flexibility index (Phi) is 4.88. The highest BCUT2D eigenvalue weighted by molar-refractivity contribution is 5.99. The largest absolute Gasteiger partial charge is 0.482 e. The number of nitrogens with zero attached hydrogens (tertiary/aromatic N) is 2. The van der Waals surface area contributed by atoms with E-state index in [4.69, 9.17) is 9.47 Å². The van der Waals surface area contributed by atoms with Crippen LogP contribution >= 0.6 is 0 Å². The number of ether oxygens (including phenoxy) is 2. The van der Waals surface area contributed by atoms with Gasteiger partial charge in [-0.3, -0.25) is 9.59 Å². The molecule has 0 spiro atoms. The third-order valence-electron chi connectivity index (χ3n) is 4.49. The molecule has 8 nitrogen and oxygen atoms in total. The van der Waals surface area contributed by atoms with Crippen LogP contribution in [0.4, 0.5) is 11.5 Å². The number of nitrogens with one attached hydrogen (secondary N) is 2. The first-order chi connectivity index (χ1) is 13.2. The Morgan fingerprint density at radius 2 is 2.11 bits per heavy atom. The number of fused-ring (bicyclic) bond motifs is 1. The highest BCUT2D eigenvalue weighted by Gasteiger charge is 2.19. The first-order valence-electron chi connectivity index (χ1n) is 8.82. The van der Waals surface area contributed by atoms with E-state index in [-0.39, 0.29) is 18.4 Å². The van der Waals surface area contributed by atoms with Gasteiger partial charge in [-0.1, -0.05) is 6.07 Å². The number of amides is 2. The zero-order valence-electron chi connectivity index (χ0n) is 14.7. The molecule has 2 aromatic rings. The summed E-state index contributed by atoms with van der Waals surface area (Å²) in [5.74, 6) is 0.956. The number of carbonyl (C=O) groups is 2. The van der Waals surface area contributed by atoms with Crippen LogP contribution in [0.15, 0.2) is 36.5 Å². The standard InChI is InChI=1S/C19H20N4O4/c24-17-12-27-16-10-13(3-4-15(16)22-17)19(25)21-11-14-2-1-5-20-18(14)23-6-8-26-9-7-23/h1-5,10H,6-9,11-12H2,(H,21,25)(H,22,24). The molecule has 140 valence electrons. The van der Waals surface area contributed by atoms with Gasteiger partial charge in [0, 0.05) is 37.0 Å². The molecular weight excluding hydrogens is 348 g/mol. The average molecular weight is 368 g/mol. The monoisotopic (exact) mass is 368 g/mol. The van der Waals surface area contributed by atoms with Crippen molar-refractivity contribution in [2.24, 2.45) is 0 Å². The second kappa shape index (κ2) is 7.63. The number of carbonyl (C=O) groups excluding carboxylic acids is 2. The van der Waals surface area contributed by atoms with Gasteiger partial charge < -0.3 is 25.0 Å². The fourth-order valence-electron chi connectivity index (χ4n) is 3.12. The van der Waals surface area contributed by atoms with Crippen molar-refractivity contribution in [3.05, 3.63) is 47.7 Å². The van der Waals surface area contributed by atoms with Crippen LogP contribution in [0.3, 0.4) is 0 Å². The van der Waals surface area contributed by atoms with Crippen LogP contribution in [0.25, 0.3) is 0 Å². The van der Waals surface area contributed by atoms with Gasteiger partial charge in [0.2, 0.25) is 0 Å². The molecule has 27 heavy (non-hydrogen) atoms. The van der Waals surface area contributed by atoms with Crippen molar-refractivity contribution in [3.8, 4) is 5.75 Å². The number of pyridine rings is 1. The molecule has 2 N–H and O–H groups in total. The third-order valence-corrected chi connectivity index (χ3v) is 4.49. The summed E-state index contributed by atoms with van der Waals surface area (Å²) in [5, 5.41) is 5.64. The maximum atomic E-state index is 12.5. The Balaban J connectivity index is 1.45. The summed E-state index contributed by atoms with van der Waals surface area (Å²) < 4.78 is 10.8. The van der Waals surface area contributed by atoms with Gasteiger partial charge in [0.15, 0.2) is 6.61 Å². The van der Waals surface area contributed by atoms with E-state index < -0.39 is 0 Å². The maximum Gasteiger partial charge on any atom is 0.262 e. The van der Waals surface area contributed by atoms with Crippen LogP contribution in [0, 0.1) is 0 Å². The van der Waals surface area contributed by atoms with Crippen LogP contribution < -0.4 is 20.3 Å². The second-order valence-electron chi connectivity index (χ2n) is 6.32. The molecule has 1 fully saturated rings. The van der Waals surface area contributed by atoms with Crippen molar-refractivity contribution in [1.29, 1.82) is 0 Å². The highest BCUT2D eigenvalue weighted by atomic mass is 16.5. The lowest BCUT2D eigenvalue weighted by molar-refractivity contribution is -0.118. The molecule has 1 aromatic carbocycles. The van der Waals surface area contributed by atoms with Crippen molar-refractivity contribution in [2.75, 3.05) is 43.1 Å². The number of morpholine rings is 1. The van der Waals surface area contributed by atoms with E-state index in [2.05, 4.69) is 20.5 Å². The molecule has 2 aliphatic rings. The zero-order chi connectivity index (χ0) is 18.6. The highest BCUT2D eigenvalue weighted by Crippen LogP contribution is 2.28. The summed E-state index contributed by atoms with van der Waals surface area (Å²) in [6.45, 7) is 3.24. The van der Waals surface area contributed by atoms with Crippen LogP contribution in [-0.4, -0.2) is 49.7 Å². The number of hydrogen-bond donors (Lipinski definition) is 2. The zero-order valence-corrected chi connectivity index (χ0v) is 14.7. The predicted octanol–water partition coefficient (Wildman–Crippen LogP) is 1.18. The van der Waals surface area contributed by atoms with Crippen molar-refractivity contribution in [2.45, 2.75) is 6.54 Å². The predicted molar refractivity (Wildman–Crippen MR) is 99.0 cm³/mol. The fourth-order valence-corrected chi connectivity index (χ4v) is 3.12. The maximum absolute atomic E-state index is 12.5. The fraction of sp³-hybridized carbons (Fsp3) is 0.316. The van der Waals surface area contributed by atoms with E-state index in [9.17, 15) is 9.59 Å². The molecule has 0 unspecified atom stereocenters. The van der Waals surface area contributed by atoms with Gasteiger partial charge in [-0.05, 0) is 24.3 Å². The molecule has 0 saturated carbocycles. The van der Waals surface area contributed by atoms with E-state index in [1.807, 2.05) is 12.1 Å². The van der Waals surface area contributed by atoms with Crippen molar-refractivity contribution >= 4 is 23.3 Å². The lowest BCUT2D eigenvalue weighted by atomic mass is 10.1. The summed E-state index contributed by atoms with van der Waals surface area (Å²) in [5.41, 5.74) is 2.00. The summed E-state index contributed by atoms with van der Waals surface area (Å²) in [6, 6.07) is 8.79. The topological polar surface area (TPSA) is 92.8 Å². The van der Waals surface area contributed by atoms with Crippen LogP contribution in [0.2, 0.25) is 0 Å². The SMILES string of the molecule is O=C1COc2cc(C(=O)NCc3cccnc3N3CCOCC3)ccc2N1. The smallest absolute Gasteiger partial charge is 0.262 e. The Labute approximate surface area is 156 Å². The molecule has 4 rings (SSSR count). The number of hydrogen-bond acceptors (Lipinski definition) is 6. The van der Waals surface area contributed by atoms with Crippen molar-refractivity contribution in [1.82, 2.24) is 10.3 Å². The number of aromatic nitrogens is 1. The van der Waals surface area contributed by atoms with E-state index in [0.717, 1.165) is 24.5 Å². The van der Waals surface area contributed by atoms with E-state index in [0.29, 0.717) is 36.8 Å². The normalized spacial score (nSPS) is 16.1. The Hall–Kier alpha value is -3.13. The molecule has 0 atom stereocenters. The van der Waals surface area contributed by atoms with Gasteiger partial charge in [-0.2, -0.15) is 0 Å². The Bertz CT molecular complexity index is 865. The average Bonchev–Trinajstić information content (AvgIpc) is 2.72. The third kappa shape index (κ3) is 3.85. The molecule has 8 heteroatoms. The minimum absolute atomic E-state index is 0.0450. The second-order valence-corrected chi connectivity index (χ2v) is 6.32. The Morgan fingerprint density at radius 3 is 2.96 bits per heavy atom. The van der Waals surface area contributed by atoms with Crippen LogP contribution in [-0.2, 0) is 16.1 Å². The number of anilines is 2. The summed E-state index contributed by atoms with van der Waals surface area (Å²) in [6.07, 6.45) is 1.76. The van der Waals surface area contributed by atoms with Crippen LogP contribution in [0.5, 0.6) is 5.75 Å². The molecule has 3 heterocycles. The van der Waals surface area contributed by atoms with Gasteiger partial charge in [0.05, 0.1) is 18.9 Å². The van der Waals surface area contributed by atoms with Gasteiger partial charge in [0.1, 0.15) is 11.6 Å². The number of benzene rings is 1. The molecule has 1 aromatic heterocycles. The van der Waals surface area contributed by atoms with Crippen molar-refractivity contribution in [3.63, 3.8) is 0 Å². The van der Waals surface area contributed by atoms with Gasteiger partial charge in [-0.25, -0.2) is 4.98 Å². The molecule has 2 amide bonds. The van der Waals surface area contributed by atoms with Gasteiger partial charge in [-0.15, -0.1) is 0 Å². The first kappa shape index (κ1) is 17.3. The lowest BCUT2D eigenvalue weighted by Crippen LogP contribution is -2.37. The molecule has 1 saturated heterocycles. The van der Waals surface area contributed by atoms with Gasteiger partial charge >= 0.3 is 0 Å².